The molecule has 2 rings (SSSR count). The number of nitrogens with zero attached hydrogens (tertiary/aromatic N) is 1. The zero-order valence-electron chi connectivity index (χ0n) is 12.8. The van der Waals surface area contributed by atoms with E-state index >= 15 is 0 Å². The van der Waals surface area contributed by atoms with Crippen LogP contribution in [-0.4, -0.2) is 66.6 Å². The molecule has 0 bridgehead atoms. The van der Waals surface area contributed by atoms with E-state index in [2.05, 4.69) is 4.74 Å². The van der Waals surface area contributed by atoms with Crippen LogP contribution in [-0.2, 0) is 4.74 Å². The average molecular weight is 309 g/mol. The van der Waals surface area contributed by atoms with E-state index in [4.69, 9.17) is 4.74 Å². The Hall–Kier alpha value is -1.63. The maximum Gasteiger partial charge on any atom is 0.337 e. The van der Waals surface area contributed by atoms with E-state index in [0.29, 0.717) is 24.4 Å². The largest absolute Gasteiger partial charge is 0.491 e. The van der Waals surface area contributed by atoms with Crippen LogP contribution in [0.15, 0.2) is 24.3 Å². The Morgan fingerprint density at radius 2 is 2.14 bits per heavy atom. The quantitative estimate of drug-likeness (QED) is 0.752. The molecule has 1 aliphatic rings. The van der Waals surface area contributed by atoms with Crippen molar-refractivity contribution in [3.63, 3.8) is 0 Å². The van der Waals surface area contributed by atoms with Crippen molar-refractivity contribution in [1.29, 1.82) is 0 Å². The molecule has 0 radical (unpaired) electrons. The zero-order valence-corrected chi connectivity index (χ0v) is 12.8. The number of carbonyl (C=O) groups excluding carboxylic acids is 1. The molecule has 122 valence electrons. The summed E-state index contributed by atoms with van der Waals surface area (Å²) in [7, 11) is 1.33. The number of ether oxygens (including phenoxy) is 2. The Kier molecular flexibility index (Phi) is 6.18. The van der Waals surface area contributed by atoms with Crippen LogP contribution in [0.5, 0.6) is 5.75 Å². The summed E-state index contributed by atoms with van der Waals surface area (Å²) in [5, 5.41) is 19.6. The van der Waals surface area contributed by atoms with Crippen molar-refractivity contribution < 1.29 is 24.5 Å². The number of benzene rings is 1. The highest BCUT2D eigenvalue weighted by molar-refractivity contribution is 5.89. The second-order valence-electron chi connectivity index (χ2n) is 5.54. The first kappa shape index (κ1) is 16.7. The van der Waals surface area contributed by atoms with Gasteiger partial charge in [0.15, 0.2) is 0 Å². The number of aliphatic hydroxyl groups is 2. The third kappa shape index (κ3) is 4.98. The number of esters is 1. The molecule has 0 saturated carbocycles. The van der Waals surface area contributed by atoms with E-state index in [-0.39, 0.29) is 12.7 Å². The van der Waals surface area contributed by atoms with Crippen LogP contribution >= 0.6 is 0 Å². The Morgan fingerprint density at radius 1 is 1.41 bits per heavy atom. The van der Waals surface area contributed by atoms with Gasteiger partial charge in [-0.05, 0) is 43.7 Å². The van der Waals surface area contributed by atoms with Gasteiger partial charge in [0.05, 0.1) is 18.8 Å². The molecule has 0 spiro atoms. The SMILES string of the molecule is COC(=O)c1ccc(OCC(O)CN2CCCC(O)C2)cc1. The highest BCUT2D eigenvalue weighted by Crippen LogP contribution is 2.14. The second-order valence-corrected chi connectivity index (χ2v) is 5.54. The standard InChI is InChI=1S/C16H23NO5/c1-21-16(20)12-4-6-15(7-5-12)22-11-14(19)10-17-8-2-3-13(18)9-17/h4-7,13-14,18-19H,2-3,8-11H2,1H3. The predicted octanol–water partition coefficient (Wildman–Crippen LogP) is 0.670. The average Bonchev–Trinajstić information content (AvgIpc) is 2.52. The molecular formula is C16H23NO5. The Balaban J connectivity index is 1.76. The molecule has 6 nitrogen and oxygen atoms in total. The number of β-amino-alcohol motifs (C(OH)–C–C–N with tert-alkyl or cyclic N) is 2. The van der Waals surface area contributed by atoms with Crippen LogP contribution in [0.2, 0.25) is 0 Å². The number of carbonyl (C=O) groups is 1. The van der Waals surface area contributed by atoms with Crippen LogP contribution < -0.4 is 4.74 Å². The maximum atomic E-state index is 11.3. The predicted molar refractivity (Wildman–Crippen MR) is 81.0 cm³/mol. The van der Waals surface area contributed by atoms with E-state index in [1.54, 1.807) is 24.3 Å². The van der Waals surface area contributed by atoms with Gasteiger partial charge in [0.25, 0.3) is 0 Å². The fourth-order valence-corrected chi connectivity index (χ4v) is 2.55. The van der Waals surface area contributed by atoms with Crippen molar-refractivity contribution in [2.75, 3.05) is 33.4 Å². The fraction of sp³-hybridized carbons (Fsp3) is 0.562. The zero-order chi connectivity index (χ0) is 15.9. The molecule has 2 N–H and O–H groups in total. The minimum Gasteiger partial charge on any atom is -0.491 e. The van der Waals surface area contributed by atoms with Crippen LogP contribution in [0.25, 0.3) is 0 Å². The third-order valence-corrected chi connectivity index (χ3v) is 3.67. The second kappa shape index (κ2) is 8.12. The number of hydrogen-bond acceptors (Lipinski definition) is 6. The molecule has 0 aromatic heterocycles. The molecule has 2 unspecified atom stereocenters. The van der Waals surface area contributed by atoms with E-state index < -0.39 is 12.1 Å². The van der Waals surface area contributed by atoms with Gasteiger partial charge >= 0.3 is 5.97 Å². The third-order valence-electron chi connectivity index (χ3n) is 3.67. The van der Waals surface area contributed by atoms with Crippen LogP contribution in [0.3, 0.4) is 0 Å². The number of hydrogen-bond donors (Lipinski definition) is 2. The maximum absolute atomic E-state index is 11.3. The van der Waals surface area contributed by atoms with Gasteiger partial charge in [-0.15, -0.1) is 0 Å². The molecule has 1 heterocycles. The van der Waals surface area contributed by atoms with Gasteiger partial charge in [-0.3, -0.25) is 4.90 Å². The molecule has 22 heavy (non-hydrogen) atoms. The summed E-state index contributed by atoms with van der Waals surface area (Å²) < 4.78 is 10.1. The van der Waals surface area contributed by atoms with E-state index in [1.807, 2.05) is 4.90 Å². The Labute approximate surface area is 130 Å². The topological polar surface area (TPSA) is 79.2 Å². The van der Waals surface area contributed by atoms with Gasteiger partial charge in [-0.1, -0.05) is 0 Å². The van der Waals surface area contributed by atoms with Gasteiger partial charge in [0.2, 0.25) is 0 Å². The minimum atomic E-state index is -0.620. The summed E-state index contributed by atoms with van der Waals surface area (Å²) in [5.74, 6) is 0.195. The molecule has 1 saturated heterocycles. The number of likely N-dealkylation sites (tertiary alicyclic amines) is 1. The molecule has 0 aliphatic carbocycles. The summed E-state index contributed by atoms with van der Waals surface area (Å²) in [4.78, 5) is 13.4. The molecule has 1 fully saturated rings. The van der Waals surface area contributed by atoms with Gasteiger partial charge in [0, 0.05) is 13.1 Å². The van der Waals surface area contributed by atoms with Gasteiger partial charge in [-0.2, -0.15) is 0 Å². The van der Waals surface area contributed by atoms with Gasteiger partial charge in [-0.25, -0.2) is 4.79 Å². The van der Waals surface area contributed by atoms with E-state index in [1.165, 1.54) is 7.11 Å². The van der Waals surface area contributed by atoms with Gasteiger partial charge in [0.1, 0.15) is 18.5 Å². The van der Waals surface area contributed by atoms with Crippen molar-refractivity contribution in [2.45, 2.75) is 25.0 Å². The Bertz CT molecular complexity index is 476. The van der Waals surface area contributed by atoms with E-state index in [9.17, 15) is 15.0 Å². The van der Waals surface area contributed by atoms with Crippen molar-refractivity contribution in [3.8, 4) is 5.75 Å². The monoisotopic (exact) mass is 309 g/mol. The summed E-state index contributed by atoms with van der Waals surface area (Å²) >= 11 is 0. The lowest BCUT2D eigenvalue weighted by Gasteiger charge is -2.31. The first-order chi connectivity index (χ1) is 10.6. The van der Waals surface area contributed by atoms with E-state index in [0.717, 1.165) is 19.4 Å². The van der Waals surface area contributed by atoms with Crippen LogP contribution in [0.4, 0.5) is 0 Å². The van der Waals surface area contributed by atoms with Crippen molar-refractivity contribution in [2.24, 2.45) is 0 Å². The Morgan fingerprint density at radius 3 is 2.77 bits per heavy atom. The summed E-state index contributed by atoms with van der Waals surface area (Å²) in [5.41, 5.74) is 0.456. The summed E-state index contributed by atoms with van der Waals surface area (Å²) in [6.45, 7) is 2.15. The molecular weight excluding hydrogens is 286 g/mol. The number of piperidine rings is 1. The fourth-order valence-electron chi connectivity index (χ4n) is 2.55. The van der Waals surface area contributed by atoms with Crippen LogP contribution in [0, 0.1) is 0 Å². The lowest BCUT2D eigenvalue weighted by molar-refractivity contribution is 0.0243. The lowest BCUT2D eigenvalue weighted by Crippen LogP contribution is -2.43. The van der Waals surface area contributed by atoms with Gasteiger partial charge < -0.3 is 19.7 Å². The molecule has 1 aliphatic heterocycles. The highest BCUT2D eigenvalue weighted by atomic mass is 16.5. The summed E-state index contributed by atoms with van der Waals surface area (Å²) in [6, 6.07) is 6.58. The highest BCUT2D eigenvalue weighted by Gasteiger charge is 2.20. The lowest BCUT2D eigenvalue weighted by atomic mass is 10.1. The first-order valence-corrected chi connectivity index (χ1v) is 7.48. The van der Waals surface area contributed by atoms with Crippen molar-refractivity contribution >= 4 is 5.97 Å². The van der Waals surface area contributed by atoms with Crippen LogP contribution in [0.1, 0.15) is 23.2 Å². The molecule has 1 aromatic carbocycles. The number of aliphatic hydroxyl groups excluding tert-OH is 2. The molecule has 1 aromatic rings. The minimum absolute atomic E-state index is 0.171. The summed E-state index contributed by atoms with van der Waals surface area (Å²) in [6.07, 6.45) is 0.859. The molecule has 2 atom stereocenters. The normalized spacial score (nSPS) is 20.4. The molecule has 0 amide bonds. The molecule has 6 heteroatoms. The number of methoxy groups -OCH3 is 1. The number of rotatable bonds is 6. The first-order valence-electron chi connectivity index (χ1n) is 7.48. The smallest absolute Gasteiger partial charge is 0.337 e. The van der Waals surface area contributed by atoms with Crippen molar-refractivity contribution in [3.05, 3.63) is 29.8 Å². The van der Waals surface area contributed by atoms with Crippen molar-refractivity contribution in [1.82, 2.24) is 4.90 Å².